The average Bonchev–Trinajstić information content (AvgIpc) is 2.72. The van der Waals surface area contributed by atoms with E-state index in [0.717, 1.165) is 16.7 Å². The predicted molar refractivity (Wildman–Crippen MR) is 112 cm³/mol. The van der Waals surface area contributed by atoms with Crippen LogP contribution in [0.3, 0.4) is 0 Å². The summed E-state index contributed by atoms with van der Waals surface area (Å²) in [5.74, 6) is 0.255. The van der Waals surface area contributed by atoms with Crippen LogP contribution in [0.25, 0.3) is 6.08 Å². The lowest BCUT2D eigenvalue weighted by Crippen LogP contribution is -2.35. The lowest BCUT2D eigenvalue weighted by molar-refractivity contribution is -0.150. The standard InChI is InChI=1S/C23H27NO5/c1-5-28-20-12-10-18(14-21(20)27-4)11-13-22(25)29-17(3)23(26)24-15-19-8-6-16(2)7-9-19/h6-14,17H,5,15H2,1-4H3,(H,24,26)/b13-11+/t17-/m1/s1. The molecule has 154 valence electrons. The molecule has 0 unspecified atom stereocenters. The van der Waals surface area contributed by atoms with Crippen molar-refractivity contribution in [2.24, 2.45) is 0 Å². The van der Waals surface area contributed by atoms with E-state index >= 15 is 0 Å². The Kier molecular flexibility index (Phi) is 8.27. The van der Waals surface area contributed by atoms with Gasteiger partial charge in [-0.1, -0.05) is 35.9 Å². The highest BCUT2D eigenvalue weighted by Crippen LogP contribution is 2.28. The molecule has 29 heavy (non-hydrogen) atoms. The second-order valence-electron chi connectivity index (χ2n) is 6.46. The normalized spacial score (nSPS) is 11.7. The summed E-state index contributed by atoms with van der Waals surface area (Å²) in [5, 5.41) is 2.76. The Labute approximate surface area is 171 Å². The van der Waals surface area contributed by atoms with Gasteiger partial charge in [-0.2, -0.15) is 0 Å². The van der Waals surface area contributed by atoms with Gasteiger partial charge < -0.3 is 19.5 Å². The van der Waals surface area contributed by atoms with Crippen molar-refractivity contribution in [2.45, 2.75) is 33.4 Å². The minimum absolute atomic E-state index is 0.352. The largest absolute Gasteiger partial charge is 0.493 e. The molecule has 0 bridgehead atoms. The first kappa shape index (κ1) is 22.0. The fraction of sp³-hybridized carbons (Fsp3) is 0.304. The van der Waals surface area contributed by atoms with Crippen LogP contribution in [-0.2, 0) is 20.9 Å². The van der Waals surface area contributed by atoms with Crippen LogP contribution >= 0.6 is 0 Å². The zero-order valence-electron chi connectivity index (χ0n) is 17.2. The van der Waals surface area contributed by atoms with E-state index in [-0.39, 0.29) is 5.91 Å². The number of amides is 1. The number of hydrogen-bond acceptors (Lipinski definition) is 5. The SMILES string of the molecule is CCOc1ccc(/C=C/C(=O)O[C@H](C)C(=O)NCc2ccc(C)cc2)cc1OC. The molecule has 1 N–H and O–H groups in total. The highest BCUT2D eigenvalue weighted by Gasteiger charge is 2.16. The zero-order chi connectivity index (χ0) is 21.2. The molecule has 0 heterocycles. The third-order valence-corrected chi connectivity index (χ3v) is 4.15. The molecule has 2 rings (SSSR count). The van der Waals surface area contributed by atoms with Crippen LogP contribution in [0.15, 0.2) is 48.5 Å². The molecule has 1 atom stereocenters. The smallest absolute Gasteiger partial charge is 0.331 e. The van der Waals surface area contributed by atoms with Crippen molar-refractivity contribution in [3.63, 3.8) is 0 Å². The molecule has 0 saturated heterocycles. The van der Waals surface area contributed by atoms with Gasteiger partial charge >= 0.3 is 5.97 Å². The van der Waals surface area contributed by atoms with Crippen LogP contribution in [0.4, 0.5) is 0 Å². The maximum absolute atomic E-state index is 12.1. The molecule has 1 amide bonds. The Morgan fingerprint density at radius 3 is 2.48 bits per heavy atom. The number of benzene rings is 2. The zero-order valence-corrected chi connectivity index (χ0v) is 17.2. The monoisotopic (exact) mass is 397 g/mol. The number of rotatable bonds is 9. The van der Waals surface area contributed by atoms with E-state index in [4.69, 9.17) is 14.2 Å². The van der Waals surface area contributed by atoms with Gasteiger partial charge in [-0.05, 0) is 50.1 Å². The average molecular weight is 397 g/mol. The molecule has 0 radical (unpaired) electrons. The Balaban J connectivity index is 1.87. The van der Waals surface area contributed by atoms with Crippen LogP contribution in [0.2, 0.25) is 0 Å². The van der Waals surface area contributed by atoms with Crippen molar-refractivity contribution < 1.29 is 23.8 Å². The number of methoxy groups -OCH3 is 1. The van der Waals surface area contributed by atoms with Gasteiger partial charge in [0.1, 0.15) is 0 Å². The number of carbonyl (C=O) groups is 2. The molecular formula is C23H27NO5. The van der Waals surface area contributed by atoms with Gasteiger partial charge in [0.2, 0.25) is 0 Å². The number of aryl methyl sites for hydroxylation is 1. The van der Waals surface area contributed by atoms with Gasteiger partial charge in [0.05, 0.1) is 13.7 Å². The minimum atomic E-state index is -0.896. The van der Waals surface area contributed by atoms with Crippen LogP contribution in [0.1, 0.15) is 30.5 Å². The molecular weight excluding hydrogens is 370 g/mol. The van der Waals surface area contributed by atoms with E-state index in [0.29, 0.717) is 24.7 Å². The third kappa shape index (κ3) is 6.99. The number of nitrogens with one attached hydrogen (secondary N) is 1. The summed E-state index contributed by atoms with van der Waals surface area (Å²) in [5.41, 5.74) is 2.88. The first-order valence-corrected chi connectivity index (χ1v) is 9.45. The molecule has 0 aliphatic carbocycles. The van der Waals surface area contributed by atoms with E-state index in [1.54, 1.807) is 31.4 Å². The summed E-state index contributed by atoms with van der Waals surface area (Å²) in [6.07, 6.45) is 1.98. The van der Waals surface area contributed by atoms with Crippen molar-refractivity contribution in [1.29, 1.82) is 0 Å². The second kappa shape index (κ2) is 10.9. The molecule has 0 aliphatic heterocycles. The number of hydrogen-bond donors (Lipinski definition) is 1. The fourth-order valence-electron chi connectivity index (χ4n) is 2.53. The molecule has 6 nitrogen and oxygen atoms in total. The predicted octanol–water partition coefficient (Wildman–Crippen LogP) is 3.66. The topological polar surface area (TPSA) is 73.9 Å². The van der Waals surface area contributed by atoms with Gasteiger partial charge in [-0.3, -0.25) is 4.79 Å². The quantitative estimate of drug-likeness (QED) is 0.516. The van der Waals surface area contributed by atoms with Crippen LogP contribution in [-0.4, -0.2) is 31.7 Å². The third-order valence-electron chi connectivity index (χ3n) is 4.15. The molecule has 6 heteroatoms. The molecule has 0 spiro atoms. The first-order valence-electron chi connectivity index (χ1n) is 9.45. The summed E-state index contributed by atoms with van der Waals surface area (Å²) in [7, 11) is 1.55. The molecule has 0 fully saturated rings. The van der Waals surface area contributed by atoms with Crippen molar-refractivity contribution in [3.8, 4) is 11.5 Å². The van der Waals surface area contributed by atoms with E-state index in [1.807, 2.05) is 38.1 Å². The summed E-state index contributed by atoms with van der Waals surface area (Å²) in [4.78, 5) is 24.2. The number of ether oxygens (including phenoxy) is 3. The van der Waals surface area contributed by atoms with Crippen molar-refractivity contribution in [3.05, 3.63) is 65.2 Å². The maximum Gasteiger partial charge on any atom is 0.331 e. The van der Waals surface area contributed by atoms with Gasteiger partial charge in [-0.25, -0.2) is 4.79 Å². The molecule has 2 aromatic rings. The number of carbonyl (C=O) groups excluding carboxylic acids is 2. The lowest BCUT2D eigenvalue weighted by atomic mass is 10.1. The van der Waals surface area contributed by atoms with E-state index < -0.39 is 12.1 Å². The first-order chi connectivity index (χ1) is 13.9. The van der Waals surface area contributed by atoms with Crippen LogP contribution in [0, 0.1) is 6.92 Å². The van der Waals surface area contributed by atoms with Crippen LogP contribution < -0.4 is 14.8 Å². The van der Waals surface area contributed by atoms with E-state index in [2.05, 4.69) is 5.32 Å². The molecule has 0 aromatic heterocycles. The Hall–Kier alpha value is -3.28. The summed E-state index contributed by atoms with van der Waals surface area (Å²) in [6.45, 7) is 6.34. The Morgan fingerprint density at radius 1 is 1.10 bits per heavy atom. The fourth-order valence-corrected chi connectivity index (χ4v) is 2.53. The molecule has 0 saturated carbocycles. The van der Waals surface area contributed by atoms with Gasteiger partial charge in [-0.15, -0.1) is 0 Å². The Morgan fingerprint density at radius 2 is 1.83 bits per heavy atom. The second-order valence-corrected chi connectivity index (χ2v) is 6.46. The maximum atomic E-state index is 12.1. The van der Waals surface area contributed by atoms with Crippen molar-refractivity contribution in [2.75, 3.05) is 13.7 Å². The highest BCUT2D eigenvalue weighted by molar-refractivity contribution is 5.90. The summed E-state index contributed by atoms with van der Waals surface area (Å²) in [6, 6.07) is 13.2. The van der Waals surface area contributed by atoms with E-state index in [1.165, 1.54) is 13.0 Å². The lowest BCUT2D eigenvalue weighted by Gasteiger charge is -2.12. The summed E-state index contributed by atoms with van der Waals surface area (Å²) < 4.78 is 15.9. The Bertz CT molecular complexity index is 858. The van der Waals surface area contributed by atoms with Gasteiger partial charge in [0, 0.05) is 12.6 Å². The highest BCUT2D eigenvalue weighted by atomic mass is 16.5. The van der Waals surface area contributed by atoms with Crippen molar-refractivity contribution in [1.82, 2.24) is 5.32 Å². The molecule has 0 aliphatic rings. The summed E-state index contributed by atoms with van der Waals surface area (Å²) >= 11 is 0. The van der Waals surface area contributed by atoms with Gasteiger partial charge in [0.15, 0.2) is 17.6 Å². The minimum Gasteiger partial charge on any atom is -0.493 e. The van der Waals surface area contributed by atoms with E-state index in [9.17, 15) is 9.59 Å². The van der Waals surface area contributed by atoms with Gasteiger partial charge in [0.25, 0.3) is 5.91 Å². The molecule has 2 aromatic carbocycles. The van der Waals surface area contributed by atoms with Crippen molar-refractivity contribution >= 4 is 18.0 Å². The number of esters is 1. The van der Waals surface area contributed by atoms with Crippen LogP contribution in [0.5, 0.6) is 11.5 Å².